The highest BCUT2D eigenvalue weighted by molar-refractivity contribution is 7.99. The summed E-state index contributed by atoms with van der Waals surface area (Å²) in [7, 11) is 0. The van der Waals surface area contributed by atoms with Crippen LogP contribution in [0.1, 0.15) is 0 Å². The average molecular weight is 330 g/mol. The van der Waals surface area contributed by atoms with Crippen LogP contribution < -0.4 is 4.90 Å². The van der Waals surface area contributed by atoms with Gasteiger partial charge in [0.2, 0.25) is 0 Å². The number of rotatable bonds is 2. The molecule has 3 aromatic rings. The van der Waals surface area contributed by atoms with Crippen LogP contribution in [0.25, 0.3) is 11.4 Å². The molecule has 5 nitrogen and oxygen atoms in total. The Kier molecular flexibility index (Phi) is 3.48. The Hall–Kier alpha value is -2.05. The van der Waals surface area contributed by atoms with Crippen LogP contribution in [0, 0.1) is 0 Å². The lowest BCUT2D eigenvalue weighted by Gasteiger charge is -2.29. The molecule has 0 amide bonds. The number of hydrogen-bond donors (Lipinski definition) is 0. The van der Waals surface area contributed by atoms with Crippen LogP contribution in [0.2, 0.25) is 5.02 Å². The molecular formula is C15H12ClN5S. The number of halogens is 1. The second-order valence-corrected chi connectivity index (χ2v) is 6.26. The first kappa shape index (κ1) is 13.6. The van der Waals surface area contributed by atoms with Crippen LogP contribution in [0.5, 0.6) is 0 Å². The summed E-state index contributed by atoms with van der Waals surface area (Å²) in [4.78, 5) is 6.42. The van der Waals surface area contributed by atoms with Crippen molar-refractivity contribution in [2.45, 2.75) is 11.8 Å². The average Bonchev–Trinajstić information content (AvgIpc) is 2.99. The molecule has 22 heavy (non-hydrogen) atoms. The van der Waals surface area contributed by atoms with Crippen molar-refractivity contribution >= 4 is 29.1 Å². The number of thioether (sulfide) groups is 1. The molecule has 1 aliphatic heterocycles. The topological polar surface area (TPSA) is 46.8 Å². The lowest BCUT2D eigenvalue weighted by Crippen LogP contribution is -2.30. The first-order valence-corrected chi connectivity index (χ1v) is 8.14. The summed E-state index contributed by atoms with van der Waals surface area (Å²) >= 11 is 7.75. The van der Waals surface area contributed by atoms with E-state index >= 15 is 0 Å². The van der Waals surface area contributed by atoms with E-state index in [0.29, 0.717) is 11.7 Å². The van der Waals surface area contributed by atoms with Gasteiger partial charge in [-0.05, 0) is 24.3 Å². The zero-order valence-corrected chi connectivity index (χ0v) is 13.1. The number of aromatic nitrogens is 4. The molecule has 0 unspecified atom stereocenters. The first-order valence-electron chi connectivity index (χ1n) is 6.78. The lowest BCUT2D eigenvalue weighted by molar-refractivity contribution is 0.607. The van der Waals surface area contributed by atoms with Crippen molar-refractivity contribution < 1.29 is 0 Å². The minimum Gasteiger partial charge on any atom is -0.342 e. The van der Waals surface area contributed by atoms with Crippen LogP contribution >= 0.6 is 23.4 Å². The minimum absolute atomic E-state index is 0.697. The molecule has 1 aliphatic rings. The maximum absolute atomic E-state index is 6.09. The summed E-state index contributed by atoms with van der Waals surface area (Å²) in [5.74, 6) is 1.66. The van der Waals surface area contributed by atoms with Crippen molar-refractivity contribution in [3.05, 3.63) is 53.8 Å². The summed E-state index contributed by atoms with van der Waals surface area (Å²) in [6.45, 7) is 0.697. The van der Waals surface area contributed by atoms with Gasteiger partial charge in [0.1, 0.15) is 0 Å². The highest BCUT2D eigenvalue weighted by Gasteiger charge is 2.22. The Morgan fingerprint density at radius 1 is 1.14 bits per heavy atom. The second-order valence-electron chi connectivity index (χ2n) is 4.91. The van der Waals surface area contributed by atoms with Gasteiger partial charge in [-0.3, -0.25) is 9.55 Å². The standard InChI is InChI=1S/C15H12ClN5S/c16-12-4-1-3-11(7-12)14-18-19-15-21(14)9-20(10-22-15)13-5-2-6-17-8-13/h1-8H,9-10H2. The third-order valence-electron chi connectivity index (χ3n) is 3.47. The highest BCUT2D eigenvalue weighted by atomic mass is 35.5. The van der Waals surface area contributed by atoms with Crippen molar-refractivity contribution in [2.75, 3.05) is 10.8 Å². The van der Waals surface area contributed by atoms with Crippen LogP contribution in [0.15, 0.2) is 53.9 Å². The van der Waals surface area contributed by atoms with Crippen molar-refractivity contribution in [1.82, 2.24) is 19.7 Å². The minimum atomic E-state index is 0.697. The van der Waals surface area contributed by atoms with E-state index in [9.17, 15) is 0 Å². The molecule has 0 saturated heterocycles. The number of anilines is 1. The summed E-state index contributed by atoms with van der Waals surface area (Å²) < 4.78 is 2.10. The summed E-state index contributed by atoms with van der Waals surface area (Å²) in [5, 5.41) is 10.2. The van der Waals surface area contributed by atoms with Gasteiger partial charge >= 0.3 is 0 Å². The Labute approximate surface area is 137 Å². The van der Waals surface area contributed by atoms with Crippen molar-refractivity contribution in [2.24, 2.45) is 0 Å². The van der Waals surface area contributed by atoms with Gasteiger partial charge in [0.15, 0.2) is 11.0 Å². The first-order chi connectivity index (χ1) is 10.8. The van der Waals surface area contributed by atoms with Gasteiger partial charge < -0.3 is 4.90 Å². The smallest absolute Gasteiger partial charge is 0.194 e. The molecule has 0 aliphatic carbocycles. The lowest BCUT2D eigenvalue weighted by atomic mass is 10.2. The van der Waals surface area contributed by atoms with E-state index in [-0.39, 0.29) is 0 Å². The summed E-state index contributed by atoms with van der Waals surface area (Å²) in [6, 6.07) is 11.7. The van der Waals surface area contributed by atoms with Gasteiger partial charge in [-0.25, -0.2) is 0 Å². The third kappa shape index (κ3) is 2.44. The number of nitrogens with zero attached hydrogens (tertiary/aromatic N) is 5. The predicted octanol–water partition coefficient (Wildman–Crippen LogP) is 3.52. The van der Waals surface area contributed by atoms with E-state index in [2.05, 4.69) is 30.7 Å². The van der Waals surface area contributed by atoms with Crippen LogP contribution in [-0.4, -0.2) is 25.6 Å². The molecule has 0 atom stereocenters. The number of fused-ring (bicyclic) bond motifs is 1. The quantitative estimate of drug-likeness (QED) is 0.720. The highest BCUT2D eigenvalue weighted by Crippen LogP contribution is 2.31. The van der Waals surface area contributed by atoms with Gasteiger partial charge in [-0.2, -0.15) is 0 Å². The summed E-state index contributed by atoms with van der Waals surface area (Å²) in [5.41, 5.74) is 2.06. The van der Waals surface area contributed by atoms with Gasteiger partial charge in [0.25, 0.3) is 0 Å². The van der Waals surface area contributed by atoms with Gasteiger partial charge in [-0.1, -0.05) is 35.5 Å². The van der Waals surface area contributed by atoms with Gasteiger partial charge in [-0.15, -0.1) is 10.2 Å². The molecule has 0 N–H and O–H groups in total. The molecule has 0 spiro atoms. The molecule has 0 bridgehead atoms. The van der Waals surface area contributed by atoms with Crippen LogP contribution in [-0.2, 0) is 6.67 Å². The fourth-order valence-corrected chi connectivity index (χ4v) is 3.50. The van der Waals surface area contributed by atoms with E-state index in [4.69, 9.17) is 11.6 Å². The maximum Gasteiger partial charge on any atom is 0.194 e. The van der Waals surface area contributed by atoms with Crippen molar-refractivity contribution in [1.29, 1.82) is 0 Å². The Balaban J connectivity index is 1.71. The Morgan fingerprint density at radius 3 is 2.91 bits per heavy atom. The normalized spacial score (nSPS) is 14.0. The molecule has 0 saturated carbocycles. The van der Waals surface area contributed by atoms with Crippen molar-refractivity contribution in [3.63, 3.8) is 0 Å². The van der Waals surface area contributed by atoms with E-state index in [1.54, 1.807) is 18.0 Å². The molecule has 0 radical (unpaired) electrons. The van der Waals surface area contributed by atoms with E-state index in [0.717, 1.165) is 28.1 Å². The van der Waals surface area contributed by atoms with Crippen LogP contribution in [0.4, 0.5) is 5.69 Å². The fourth-order valence-electron chi connectivity index (χ4n) is 2.41. The zero-order valence-electron chi connectivity index (χ0n) is 11.6. The monoisotopic (exact) mass is 329 g/mol. The molecule has 4 rings (SSSR count). The van der Waals surface area contributed by atoms with Gasteiger partial charge in [0, 0.05) is 16.8 Å². The van der Waals surface area contributed by atoms with E-state index in [1.165, 1.54) is 0 Å². The summed E-state index contributed by atoms with van der Waals surface area (Å²) in [6.07, 6.45) is 3.65. The zero-order chi connectivity index (χ0) is 14.9. The molecular weight excluding hydrogens is 318 g/mol. The Morgan fingerprint density at radius 2 is 2.09 bits per heavy atom. The third-order valence-corrected chi connectivity index (χ3v) is 4.71. The largest absolute Gasteiger partial charge is 0.342 e. The van der Waals surface area contributed by atoms with Crippen LogP contribution in [0.3, 0.4) is 0 Å². The van der Waals surface area contributed by atoms with Crippen molar-refractivity contribution in [3.8, 4) is 11.4 Å². The number of pyridine rings is 1. The maximum atomic E-state index is 6.09. The van der Waals surface area contributed by atoms with Gasteiger partial charge in [0.05, 0.1) is 24.4 Å². The number of hydrogen-bond acceptors (Lipinski definition) is 5. The van der Waals surface area contributed by atoms with E-state index in [1.807, 2.05) is 36.5 Å². The Bertz CT molecular complexity index is 805. The molecule has 3 heterocycles. The number of benzene rings is 1. The fraction of sp³-hybridized carbons (Fsp3) is 0.133. The predicted molar refractivity (Wildman–Crippen MR) is 87.9 cm³/mol. The molecule has 7 heteroatoms. The second kappa shape index (κ2) is 5.62. The molecule has 110 valence electrons. The molecule has 2 aromatic heterocycles. The molecule has 1 aromatic carbocycles. The SMILES string of the molecule is Clc1cccc(-c2nnc3n2CN(c2cccnc2)CS3)c1. The van der Waals surface area contributed by atoms with E-state index < -0.39 is 0 Å². The molecule has 0 fully saturated rings.